The van der Waals surface area contributed by atoms with Crippen molar-refractivity contribution >= 4 is 0 Å². The van der Waals surface area contributed by atoms with Crippen molar-refractivity contribution in [3.05, 3.63) is 60.4 Å². The maximum absolute atomic E-state index is 11.8. The van der Waals surface area contributed by atoms with Crippen molar-refractivity contribution in [2.75, 3.05) is 39.8 Å². The number of β-amino-alcohol motifs (C(OH)–C–C–N with tert-alkyl or cyclic N) is 1. The van der Waals surface area contributed by atoms with Gasteiger partial charge in [-0.3, -0.25) is 4.90 Å². The number of fused-ring (bicyclic) bond motifs is 1. The molecule has 1 saturated heterocycles. The third-order valence-electron chi connectivity index (χ3n) is 6.49. The molecule has 4 rings (SSSR count). The van der Waals surface area contributed by atoms with Crippen LogP contribution in [0.5, 0.6) is 0 Å². The highest BCUT2D eigenvalue weighted by atomic mass is 16.3. The highest BCUT2D eigenvalue weighted by molar-refractivity contribution is 5.38. The predicted octanol–water partition coefficient (Wildman–Crippen LogP) is 2.57. The molecule has 3 unspecified atom stereocenters. The van der Waals surface area contributed by atoms with E-state index in [-0.39, 0.29) is 6.04 Å². The zero-order valence-corrected chi connectivity index (χ0v) is 16.7. The van der Waals surface area contributed by atoms with Gasteiger partial charge in [-0.05, 0) is 38.5 Å². The van der Waals surface area contributed by atoms with E-state index in [0.29, 0.717) is 12.0 Å². The molecule has 0 radical (unpaired) electrons. The van der Waals surface area contributed by atoms with Crippen LogP contribution in [0.2, 0.25) is 0 Å². The minimum Gasteiger partial charge on any atom is -0.387 e. The van der Waals surface area contributed by atoms with Gasteiger partial charge >= 0.3 is 0 Å². The molecule has 0 aromatic heterocycles. The largest absolute Gasteiger partial charge is 0.387 e. The number of rotatable bonds is 5. The van der Waals surface area contributed by atoms with Crippen LogP contribution in [-0.4, -0.2) is 77.3 Å². The van der Waals surface area contributed by atoms with Crippen molar-refractivity contribution in [3.8, 4) is 0 Å². The van der Waals surface area contributed by atoms with Gasteiger partial charge in [0.1, 0.15) is 0 Å². The van der Waals surface area contributed by atoms with Crippen molar-refractivity contribution in [1.29, 1.82) is 0 Å². The number of allylic oxidation sites excluding steroid dienone is 5. The molecule has 2 heterocycles. The van der Waals surface area contributed by atoms with Gasteiger partial charge < -0.3 is 14.9 Å². The van der Waals surface area contributed by atoms with E-state index in [0.717, 1.165) is 45.6 Å². The molecule has 4 aliphatic rings. The van der Waals surface area contributed by atoms with E-state index in [1.54, 1.807) is 0 Å². The molecule has 4 heteroatoms. The highest BCUT2D eigenvalue weighted by Crippen LogP contribution is 2.37. The predicted molar refractivity (Wildman–Crippen MR) is 111 cm³/mol. The van der Waals surface area contributed by atoms with E-state index in [2.05, 4.69) is 83.5 Å². The summed E-state index contributed by atoms with van der Waals surface area (Å²) in [7, 11) is 2.18. The zero-order chi connectivity index (χ0) is 18.9. The number of nitrogens with zero attached hydrogens (tertiary/aromatic N) is 3. The molecule has 0 spiro atoms. The smallest absolute Gasteiger partial charge is 0.0953 e. The topological polar surface area (TPSA) is 30.0 Å². The molecule has 4 nitrogen and oxygen atoms in total. The summed E-state index contributed by atoms with van der Waals surface area (Å²) < 4.78 is 0. The lowest BCUT2D eigenvalue weighted by atomic mass is 9.79. The number of piperazine rings is 1. The lowest BCUT2D eigenvalue weighted by Gasteiger charge is -2.48. The summed E-state index contributed by atoms with van der Waals surface area (Å²) in [6, 6.07) is 0.426. The second kappa shape index (κ2) is 7.78. The van der Waals surface area contributed by atoms with Crippen LogP contribution in [0.25, 0.3) is 0 Å². The Morgan fingerprint density at radius 1 is 1.11 bits per heavy atom. The van der Waals surface area contributed by atoms with Gasteiger partial charge in [0.05, 0.1) is 17.7 Å². The Balaban J connectivity index is 1.57. The summed E-state index contributed by atoms with van der Waals surface area (Å²) in [6.07, 6.45) is 21.9. The molecule has 27 heavy (non-hydrogen) atoms. The maximum atomic E-state index is 11.8. The lowest BCUT2D eigenvalue weighted by Crippen LogP contribution is -2.61. The van der Waals surface area contributed by atoms with E-state index in [1.807, 2.05) is 0 Å². The Bertz CT molecular complexity index is 680. The average molecular weight is 368 g/mol. The fourth-order valence-electron chi connectivity index (χ4n) is 5.05. The quantitative estimate of drug-likeness (QED) is 0.809. The number of aliphatic hydroxyl groups is 1. The van der Waals surface area contributed by atoms with Crippen molar-refractivity contribution in [2.45, 2.75) is 37.5 Å². The first-order valence-electron chi connectivity index (χ1n) is 10.3. The van der Waals surface area contributed by atoms with Gasteiger partial charge in [-0.1, -0.05) is 42.5 Å². The Labute approximate surface area is 163 Å². The normalized spacial score (nSPS) is 31.7. The van der Waals surface area contributed by atoms with Gasteiger partial charge in [0.25, 0.3) is 0 Å². The van der Waals surface area contributed by atoms with Crippen molar-refractivity contribution in [2.24, 2.45) is 5.92 Å². The minimum absolute atomic E-state index is 0.0667. The van der Waals surface area contributed by atoms with Crippen molar-refractivity contribution in [1.82, 2.24) is 14.7 Å². The molecular formula is C23H33N3O. The number of hydrogen-bond acceptors (Lipinski definition) is 4. The third-order valence-corrected chi connectivity index (χ3v) is 6.49. The van der Waals surface area contributed by atoms with Crippen LogP contribution < -0.4 is 0 Å². The summed E-state index contributed by atoms with van der Waals surface area (Å²) in [5.41, 5.74) is 0.588. The first-order chi connectivity index (χ1) is 13.0. The van der Waals surface area contributed by atoms with Crippen LogP contribution in [0.4, 0.5) is 0 Å². The second-order valence-corrected chi connectivity index (χ2v) is 8.70. The second-order valence-electron chi connectivity index (χ2n) is 8.70. The van der Waals surface area contributed by atoms with E-state index < -0.39 is 5.60 Å². The summed E-state index contributed by atoms with van der Waals surface area (Å²) in [5.74, 6) is 0.326. The fraction of sp³-hybridized carbons (Fsp3) is 0.565. The summed E-state index contributed by atoms with van der Waals surface area (Å²) in [5, 5.41) is 11.8. The van der Waals surface area contributed by atoms with Crippen LogP contribution in [-0.2, 0) is 0 Å². The molecule has 1 fully saturated rings. The first kappa shape index (κ1) is 18.7. The van der Waals surface area contributed by atoms with E-state index in [1.165, 1.54) is 5.57 Å². The van der Waals surface area contributed by atoms with Crippen LogP contribution >= 0.6 is 0 Å². The molecule has 0 aromatic rings. The van der Waals surface area contributed by atoms with Gasteiger partial charge in [0.15, 0.2) is 0 Å². The Morgan fingerprint density at radius 2 is 1.89 bits per heavy atom. The summed E-state index contributed by atoms with van der Waals surface area (Å²) in [4.78, 5) is 7.25. The van der Waals surface area contributed by atoms with E-state index in [4.69, 9.17) is 0 Å². The van der Waals surface area contributed by atoms with Crippen LogP contribution in [0.15, 0.2) is 60.4 Å². The molecule has 2 aliphatic carbocycles. The average Bonchev–Trinajstić information content (AvgIpc) is 3.08. The van der Waals surface area contributed by atoms with Crippen molar-refractivity contribution < 1.29 is 5.11 Å². The molecule has 0 aromatic carbocycles. The Morgan fingerprint density at radius 3 is 2.63 bits per heavy atom. The molecule has 4 atom stereocenters. The van der Waals surface area contributed by atoms with Crippen LogP contribution in [0.1, 0.15) is 19.8 Å². The number of likely N-dealkylation sites (N-methyl/N-ethyl adjacent to an activating group) is 1. The van der Waals surface area contributed by atoms with Gasteiger partial charge in [0.2, 0.25) is 0 Å². The molecule has 0 saturated carbocycles. The standard InChI is InChI=1S/C23H33N3O/c1-23(27,18-25-16-14-24(2)15-17-25)22(20-9-4-3-5-10-20)26-13-12-19-8-6-7-11-21(19)26/h3-9,12-13,20-22,27H,10-11,14-18H2,1-2H3/t20?,21?,22-,23?/m1/s1. The molecule has 0 bridgehead atoms. The fourth-order valence-corrected chi connectivity index (χ4v) is 5.05. The van der Waals surface area contributed by atoms with Gasteiger partial charge in [-0.15, -0.1) is 0 Å². The Hall–Kier alpha value is -1.62. The maximum Gasteiger partial charge on any atom is 0.0953 e. The molecule has 1 N–H and O–H groups in total. The summed E-state index contributed by atoms with van der Waals surface area (Å²) in [6.45, 7) is 7.01. The monoisotopic (exact) mass is 367 g/mol. The zero-order valence-electron chi connectivity index (χ0n) is 16.7. The van der Waals surface area contributed by atoms with Crippen LogP contribution in [0.3, 0.4) is 0 Å². The SMILES string of the molecule is CN1CCN(CC(C)(O)[C@@H](C2C=CC=CC2)N2C=CC3=CC=CCC32)CC1. The first-order valence-corrected chi connectivity index (χ1v) is 10.3. The van der Waals surface area contributed by atoms with Gasteiger partial charge in [-0.25, -0.2) is 0 Å². The number of hydrogen-bond donors (Lipinski definition) is 1. The lowest BCUT2D eigenvalue weighted by molar-refractivity contribution is -0.0670. The van der Waals surface area contributed by atoms with E-state index in [9.17, 15) is 5.11 Å². The van der Waals surface area contributed by atoms with Gasteiger partial charge in [-0.2, -0.15) is 0 Å². The minimum atomic E-state index is -0.781. The highest BCUT2D eigenvalue weighted by Gasteiger charge is 2.44. The Kier molecular flexibility index (Phi) is 5.40. The third kappa shape index (κ3) is 3.98. The summed E-state index contributed by atoms with van der Waals surface area (Å²) >= 11 is 0. The molecular weight excluding hydrogens is 334 g/mol. The van der Waals surface area contributed by atoms with E-state index >= 15 is 0 Å². The molecule has 2 aliphatic heterocycles. The molecule has 0 amide bonds. The van der Waals surface area contributed by atoms with Crippen molar-refractivity contribution in [3.63, 3.8) is 0 Å². The molecule has 146 valence electrons. The van der Waals surface area contributed by atoms with Crippen LogP contribution in [0, 0.1) is 5.92 Å². The van der Waals surface area contributed by atoms with Gasteiger partial charge in [0, 0.05) is 44.8 Å².